The number of hydrogen-bond donors (Lipinski definition) is 0. The summed E-state index contributed by atoms with van der Waals surface area (Å²) in [6, 6.07) is 49.5. The van der Waals surface area contributed by atoms with Crippen molar-refractivity contribution in [3.05, 3.63) is 150 Å². The monoisotopic (exact) mass is 562 g/mol. The zero-order valence-electron chi connectivity index (χ0n) is 25.2. The van der Waals surface area contributed by atoms with Gasteiger partial charge in [0, 0.05) is 11.4 Å². The van der Waals surface area contributed by atoms with Crippen molar-refractivity contribution in [1.29, 1.82) is 0 Å². The molecule has 7 aromatic rings. The van der Waals surface area contributed by atoms with Gasteiger partial charge in [-0.05, 0) is 89.6 Å². The summed E-state index contributed by atoms with van der Waals surface area (Å²) in [5.41, 5.74) is 15.5. The fraction of sp³-hybridized carbons (Fsp3) is 0.0732. The van der Waals surface area contributed by atoms with Crippen molar-refractivity contribution in [2.45, 2.75) is 20.8 Å². The van der Waals surface area contributed by atoms with Crippen molar-refractivity contribution in [2.75, 3.05) is 9.80 Å². The fourth-order valence-electron chi connectivity index (χ4n) is 8.01. The average molecular weight is 563 g/mol. The molecule has 0 radical (unpaired) electrons. The lowest BCUT2D eigenvalue weighted by Gasteiger charge is -2.46. The highest BCUT2D eigenvalue weighted by atomic mass is 15.3. The maximum Gasteiger partial charge on any atom is 0.248 e. The second kappa shape index (κ2) is 9.36. The third kappa shape index (κ3) is 3.50. The summed E-state index contributed by atoms with van der Waals surface area (Å²) in [5, 5.41) is 5.06. The second-order valence-electron chi connectivity index (χ2n) is 12.4. The summed E-state index contributed by atoms with van der Waals surface area (Å²) in [4.78, 5) is 5.05. The Bertz CT molecular complexity index is 2260. The number of aryl methyl sites for hydroxylation is 3. The lowest BCUT2D eigenvalue weighted by Crippen LogP contribution is -2.59. The third-order valence-corrected chi connectivity index (χ3v) is 9.65. The number of benzene rings is 7. The molecule has 0 unspecified atom stereocenters. The van der Waals surface area contributed by atoms with Gasteiger partial charge in [-0.25, -0.2) is 0 Å². The summed E-state index contributed by atoms with van der Waals surface area (Å²) >= 11 is 0. The van der Waals surface area contributed by atoms with Gasteiger partial charge in [-0.2, -0.15) is 0 Å². The molecule has 3 heteroatoms. The first-order chi connectivity index (χ1) is 21.6. The van der Waals surface area contributed by atoms with Crippen LogP contribution in [0.1, 0.15) is 16.7 Å². The Balaban J connectivity index is 1.48. The molecule has 2 aliphatic rings. The highest BCUT2D eigenvalue weighted by Crippen LogP contribution is 2.56. The first-order valence-electron chi connectivity index (χ1n) is 15.5. The molecule has 2 heterocycles. The average Bonchev–Trinajstić information content (AvgIpc) is 3.04. The molecule has 0 saturated heterocycles. The highest BCUT2D eigenvalue weighted by molar-refractivity contribution is 7.00. The lowest BCUT2D eigenvalue weighted by molar-refractivity contribution is 1.18. The predicted molar refractivity (Wildman–Crippen MR) is 190 cm³/mol. The predicted octanol–water partition coefficient (Wildman–Crippen LogP) is 9.00. The van der Waals surface area contributed by atoms with E-state index >= 15 is 0 Å². The van der Waals surface area contributed by atoms with Gasteiger partial charge in [0.2, 0.25) is 6.71 Å². The van der Waals surface area contributed by atoms with Crippen LogP contribution in [-0.2, 0) is 0 Å². The van der Waals surface area contributed by atoms with Crippen LogP contribution in [0.4, 0.5) is 34.1 Å². The van der Waals surface area contributed by atoms with Crippen LogP contribution in [0.5, 0.6) is 0 Å². The van der Waals surface area contributed by atoms with Crippen LogP contribution in [0.3, 0.4) is 0 Å². The minimum absolute atomic E-state index is 0.0996. The van der Waals surface area contributed by atoms with E-state index in [4.69, 9.17) is 0 Å². The Kier molecular flexibility index (Phi) is 5.37. The van der Waals surface area contributed by atoms with Crippen LogP contribution in [0.25, 0.3) is 21.5 Å². The molecular weight excluding hydrogens is 531 g/mol. The number of rotatable bonds is 2. The standard InChI is InChI=1S/C41H31BN2/c1-26-21-27(2)39(28(3)22-26)42-34-19-11-12-20-35(34)44-37-24-30-14-8-7-13-29(30)23-36(37)43(32-16-5-4-6-17-32)38-25-31-15-9-10-18-33(31)40(42)41(38)44/h4-25H,1-3H3. The molecule has 0 aromatic heterocycles. The molecule has 9 rings (SSSR count). The van der Waals surface area contributed by atoms with E-state index in [2.05, 4.69) is 164 Å². The second-order valence-corrected chi connectivity index (χ2v) is 12.4. The van der Waals surface area contributed by atoms with Crippen molar-refractivity contribution < 1.29 is 0 Å². The molecule has 0 amide bonds. The van der Waals surface area contributed by atoms with Crippen molar-refractivity contribution in [1.82, 2.24) is 0 Å². The van der Waals surface area contributed by atoms with E-state index in [0.717, 1.165) is 0 Å². The van der Waals surface area contributed by atoms with Gasteiger partial charge in [-0.15, -0.1) is 0 Å². The lowest BCUT2D eigenvalue weighted by atomic mass is 9.33. The van der Waals surface area contributed by atoms with E-state index < -0.39 is 0 Å². The summed E-state index contributed by atoms with van der Waals surface area (Å²) in [5.74, 6) is 0. The van der Waals surface area contributed by atoms with Gasteiger partial charge in [0.15, 0.2) is 0 Å². The molecule has 0 spiro atoms. The number of anilines is 6. The normalized spacial score (nSPS) is 13.2. The fourth-order valence-corrected chi connectivity index (χ4v) is 8.01. The van der Waals surface area contributed by atoms with E-state index in [1.165, 1.54) is 88.7 Å². The zero-order chi connectivity index (χ0) is 29.5. The van der Waals surface area contributed by atoms with Gasteiger partial charge in [-0.3, -0.25) is 0 Å². The quantitative estimate of drug-likeness (QED) is 0.194. The van der Waals surface area contributed by atoms with Gasteiger partial charge in [-0.1, -0.05) is 119 Å². The van der Waals surface area contributed by atoms with Crippen LogP contribution in [0.15, 0.2) is 133 Å². The minimum Gasteiger partial charge on any atom is -0.307 e. The molecule has 0 fully saturated rings. The Labute approximate surface area is 258 Å². The minimum atomic E-state index is 0.0996. The highest BCUT2D eigenvalue weighted by Gasteiger charge is 2.43. The first-order valence-corrected chi connectivity index (χ1v) is 15.5. The molecule has 7 aromatic carbocycles. The van der Waals surface area contributed by atoms with E-state index in [-0.39, 0.29) is 6.71 Å². The number of nitrogens with zero attached hydrogens (tertiary/aromatic N) is 2. The maximum atomic E-state index is 2.56. The number of fused-ring (bicyclic) bond motifs is 7. The molecule has 0 aliphatic carbocycles. The molecule has 0 atom stereocenters. The van der Waals surface area contributed by atoms with Crippen LogP contribution in [0.2, 0.25) is 0 Å². The molecule has 0 bridgehead atoms. The SMILES string of the molecule is Cc1cc(C)c(B2c3ccccc3N3c4cc5ccccc5cc4N(c4ccccc4)c4cc5ccccc5c2c43)c(C)c1. The Morgan fingerprint density at radius 1 is 0.455 bits per heavy atom. The van der Waals surface area contributed by atoms with E-state index in [0.29, 0.717) is 0 Å². The van der Waals surface area contributed by atoms with E-state index in [9.17, 15) is 0 Å². The maximum absolute atomic E-state index is 2.56. The Hall–Kier alpha value is -5.28. The van der Waals surface area contributed by atoms with Gasteiger partial charge >= 0.3 is 0 Å². The van der Waals surface area contributed by atoms with Crippen molar-refractivity contribution in [3.8, 4) is 0 Å². The van der Waals surface area contributed by atoms with Crippen LogP contribution in [0, 0.1) is 20.8 Å². The third-order valence-electron chi connectivity index (χ3n) is 9.65. The molecular formula is C41H31BN2. The Morgan fingerprint density at radius 2 is 1.02 bits per heavy atom. The van der Waals surface area contributed by atoms with E-state index in [1.54, 1.807) is 0 Å². The molecule has 44 heavy (non-hydrogen) atoms. The van der Waals surface area contributed by atoms with Crippen LogP contribution >= 0.6 is 0 Å². The summed E-state index contributed by atoms with van der Waals surface area (Å²) in [6.45, 7) is 6.89. The van der Waals surface area contributed by atoms with Crippen LogP contribution < -0.4 is 26.2 Å². The summed E-state index contributed by atoms with van der Waals surface area (Å²) in [7, 11) is 0. The summed E-state index contributed by atoms with van der Waals surface area (Å²) in [6.07, 6.45) is 0. The first kappa shape index (κ1) is 25.2. The molecule has 0 saturated carbocycles. The van der Waals surface area contributed by atoms with Crippen molar-refractivity contribution in [2.24, 2.45) is 0 Å². The topological polar surface area (TPSA) is 6.48 Å². The van der Waals surface area contributed by atoms with Gasteiger partial charge in [0.05, 0.1) is 22.7 Å². The van der Waals surface area contributed by atoms with Crippen LogP contribution in [-0.4, -0.2) is 6.71 Å². The molecule has 2 aliphatic heterocycles. The zero-order valence-corrected chi connectivity index (χ0v) is 25.2. The summed E-state index contributed by atoms with van der Waals surface area (Å²) < 4.78 is 0. The molecule has 0 N–H and O–H groups in total. The number of para-hydroxylation sites is 2. The molecule has 208 valence electrons. The van der Waals surface area contributed by atoms with Gasteiger partial charge < -0.3 is 9.80 Å². The van der Waals surface area contributed by atoms with Gasteiger partial charge in [0.1, 0.15) is 0 Å². The smallest absolute Gasteiger partial charge is 0.248 e. The van der Waals surface area contributed by atoms with E-state index in [1.807, 2.05) is 0 Å². The largest absolute Gasteiger partial charge is 0.307 e. The van der Waals surface area contributed by atoms with Crippen molar-refractivity contribution >= 4 is 78.8 Å². The Morgan fingerprint density at radius 3 is 1.75 bits per heavy atom. The van der Waals surface area contributed by atoms with Gasteiger partial charge in [0.25, 0.3) is 0 Å². The number of hydrogen-bond acceptors (Lipinski definition) is 2. The molecule has 2 nitrogen and oxygen atoms in total. The van der Waals surface area contributed by atoms with Crippen molar-refractivity contribution in [3.63, 3.8) is 0 Å².